The summed E-state index contributed by atoms with van der Waals surface area (Å²) in [6.07, 6.45) is 0. The number of benzene rings is 1. The van der Waals surface area contributed by atoms with E-state index in [-0.39, 0.29) is 18.4 Å². The Morgan fingerprint density at radius 3 is 2.50 bits per heavy atom. The predicted molar refractivity (Wildman–Crippen MR) is 76.7 cm³/mol. The van der Waals surface area contributed by atoms with Crippen LogP contribution in [-0.2, 0) is 4.79 Å². The Morgan fingerprint density at radius 2 is 2.00 bits per heavy atom. The zero-order chi connectivity index (χ0) is 15.0. The molecule has 1 rings (SSSR count). The first-order valence-corrected chi connectivity index (χ1v) is 6.51. The van der Waals surface area contributed by atoms with Gasteiger partial charge in [0.2, 0.25) is 5.91 Å². The van der Waals surface area contributed by atoms with Crippen molar-refractivity contribution in [2.24, 2.45) is 5.92 Å². The normalized spacial score (nSPS) is 11.4. The van der Waals surface area contributed by atoms with Gasteiger partial charge in [0.15, 0.2) is 0 Å². The summed E-state index contributed by atoms with van der Waals surface area (Å²) in [4.78, 5) is 13.8. The van der Waals surface area contributed by atoms with E-state index in [9.17, 15) is 4.79 Å². The van der Waals surface area contributed by atoms with Gasteiger partial charge in [-0.2, -0.15) is 10.5 Å². The molecule has 0 aromatic heterocycles. The van der Waals surface area contributed by atoms with Gasteiger partial charge < -0.3 is 5.32 Å². The summed E-state index contributed by atoms with van der Waals surface area (Å²) in [7, 11) is 0. The van der Waals surface area contributed by atoms with Gasteiger partial charge in [-0.05, 0) is 37.7 Å². The molecule has 20 heavy (non-hydrogen) atoms. The van der Waals surface area contributed by atoms with E-state index in [4.69, 9.17) is 10.5 Å². The highest BCUT2D eigenvalue weighted by Gasteiger charge is 2.12. The zero-order valence-electron chi connectivity index (χ0n) is 11.8. The first-order chi connectivity index (χ1) is 9.58. The van der Waals surface area contributed by atoms with Crippen LogP contribution in [0, 0.1) is 28.6 Å². The second-order valence-corrected chi connectivity index (χ2v) is 4.60. The standard InChI is InChI=1S/C15H18N4O/c1-3-19(10-12(2)8-16)11-15(20)18-14-6-4-13(9-17)5-7-14/h4-7,12H,3,10-11H2,1-2H3,(H,18,20). The lowest BCUT2D eigenvalue weighted by molar-refractivity contribution is -0.117. The molecule has 0 spiro atoms. The molecule has 1 aromatic rings. The first kappa shape index (κ1) is 15.7. The van der Waals surface area contributed by atoms with Gasteiger partial charge in [0.1, 0.15) is 0 Å². The number of amides is 1. The largest absolute Gasteiger partial charge is 0.325 e. The van der Waals surface area contributed by atoms with Crippen LogP contribution in [0.4, 0.5) is 5.69 Å². The summed E-state index contributed by atoms with van der Waals surface area (Å²) in [5, 5.41) is 20.3. The Morgan fingerprint density at radius 1 is 1.35 bits per heavy atom. The van der Waals surface area contributed by atoms with E-state index >= 15 is 0 Å². The molecule has 104 valence electrons. The monoisotopic (exact) mass is 270 g/mol. The van der Waals surface area contributed by atoms with Crippen molar-refractivity contribution in [1.82, 2.24) is 4.90 Å². The molecule has 1 N–H and O–H groups in total. The third-order valence-electron chi connectivity index (χ3n) is 2.86. The fourth-order valence-corrected chi connectivity index (χ4v) is 1.77. The van der Waals surface area contributed by atoms with Crippen molar-refractivity contribution in [2.45, 2.75) is 13.8 Å². The second kappa shape index (κ2) is 7.93. The molecule has 0 fully saturated rings. The van der Waals surface area contributed by atoms with Crippen LogP contribution in [0.25, 0.3) is 0 Å². The molecule has 0 aliphatic carbocycles. The van der Waals surface area contributed by atoms with E-state index in [1.165, 1.54) is 0 Å². The number of likely N-dealkylation sites (N-methyl/N-ethyl adjacent to an activating group) is 1. The second-order valence-electron chi connectivity index (χ2n) is 4.60. The van der Waals surface area contributed by atoms with Crippen molar-refractivity contribution >= 4 is 11.6 Å². The third-order valence-corrected chi connectivity index (χ3v) is 2.86. The Hall–Kier alpha value is -2.37. The molecule has 0 aliphatic heterocycles. The topological polar surface area (TPSA) is 79.9 Å². The molecule has 0 heterocycles. The Bertz CT molecular complexity index is 524. The van der Waals surface area contributed by atoms with Crippen molar-refractivity contribution in [3.05, 3.63) is 29.8 Å². The SMILES string of the molecule is CCN(CC(=O)Nc1ccc(C#N)cc1)CC(C)C#N. The fourth-order valence-electron chi connectivity index (χ4n) is 1.77. The molecule has 1 atom stereocenters. The van der Waals surface area contributed by atoms with Gasteiger partial charge in [0.25, 0.3) is 0 Å². The lowest BCUT2D eigenvalue weighted by atomic mass is 10.2. The number of hydrogen-bond acceptors (Lipinski definition) is 4. The van der Waals surface area contributed by atoms with Gasteiger partial charge in [-0.25, -0.2) is 0 Å². The van der Waals surface area contributed by atoms with Crippen LogP contribution in [0.1, 0.15) is 19.4 Å². The minimum absolute atomic E-state index is 0.0994. The van der Waals surface area contributed by atoms with Crippen LogP contribution >= 0.6 is 0 Å². The number of carbonyl (C=O) groups is 1. The molecule has 5 heteroatoms. The van der Waals surface area contributed by atoms with Crippen LogP contribution in [0.2, 0.25) is 0 Å². The van der Waals surface area contributed by atoms with E-state index in [1.54, 1.807) is 24.3 Å². The van der Waals surface area contributed by atoms with Gasteiger partial charge in [0.05, 0.1) is 30.2 Å². The summed E-state index contributed by atoms with van der Waals surface area (Å²) in [6.45, 7) is 5.34. The molecule has 0 saturated carbocycles. The van der Waals surface area contributed by atoms with Crippen LogP contribution in [0.15, 0.2) is 24.3 Å². The van der Waals surface area contributed by atoms with E-state index in [0.717, 1.165) is 0 Å². The van der Waals surface area contributed by atoms with Crippen molar-refractivity contribution in [1.29, 1.82) is 10.5 Å². The van der Waals surface area contributed by atoms with Gasteiger partial charge in [-0.1, -0.05) is 6.92 Å². The minimum atomic E-state index is -0.123. The minimum Gasteiger partial charge on any atom is -0.325 e. The summed E-state index contributed by atoms with van der Waals surface area (Å²) in [5.41, 5.74) is 1.22. The number of carbonyl (C=O) groups excluding carboxylic acids is 1. The zero-order valence-corrected chi connectivity index (χ0v) is 11.8. The van der Waals surface area contributed by atoms with Crippen molar-refractivity contribution < 1.29 is 4.79 Å². The summed E-state index contributed by atoms with van der Waals surface area (Å²) >= 11 is 0. The molecule has 1 amide bonds. The van der Waals surface area contributed by atoms with E-state index in [1.807, 2.05) is 24.8 Å². The van der Waals surface area contributed by atoms with Crippen molar-refractivity contribution in [3.63, 3.8) is 0 Å². The Kier molecular flexibility index (Phi) is 6.22. The van der Waals surface area contributed by atoms with Gasteiger partial charge in [0, 0.05) is 12.2 Å². The number of nitrogens with one attached hydrogen (secondary N) is 1. The molecule has 0 bridgehead atoms. The number of nitriles is 2. The molecule has 0 aliphatic rings. The third kappa shape index (κ3) is 5.09. The van der Waals surface area contributed by atoms with E-state index in [2.05, 4.69) is 11.4 Å². The summed E-state index contributed by atoms with van der Waals surface area (Å²) in [6, 6.07) is 10.9. The smallest absolute Gasteiger partial charge is 0.238 e. The van der Waals surface area contributed by atoms with Gasteiger partial charge in [-0.15, -0.1) is 0 Å². The van der Waals surface area contributed by atoms with E-state index < -0.39 is 0 Å². The molecule has 0 saturated heterocycles. The molecule has 1 aromatic carbocycles. The Labute approximate surface area is 119 Å². The highest BCUT2D eigenvalue weighted by molar-refractivity contribution is 5.92. The van der Waals surface area contributed by atoms with Crippen molar-refractivity contribution in [2.75, 3.05) is 25.0 Å². The fraction of sp³-hybridized carbons (Fsp3) is 0.400. The first-order valence-electron chi connectivity index (χ1n) is 6.51. The maximum Gasteiger partial charge on any atom is 0.238 e. The maximum absolute atomic E-state index is 11.9. The molecule has 5 nitrogen and oxygen atoms in total. The molecule has 0 radical (unpaired) electrons. The number of rotatable bonds is 6. The van der Waals surface area contributed by atoms with Gasteiger partial charge >= 0.3 is 0 Å². The highest BCUT2D eigenvalue weighted by atomic mass is 16.2. The molecule has 1 unspecified atom stereocenters. The maximum atomic E-state index is 11.9. The van der Waals surface area contributed by atoms with Gasteiger partial charge in [-0.3, -0.25) is 9.69 Å². The van der Waals surface area contributed by atoms with Crippen LogP contribution in [-0.4, -0.2) is 30.4 Å². The summed E-state index contributed by atoms with van der Waals surface area (Å²) < 4.78 is 0. The molecular formula is C15H18N4O. The average Bonchev–Trinajstić information content (AvgIpc) is 2.47. The number of hydrogen-bond donors (Lipinski definition) is 1. The van der Waals surface area contributed by atoms with Crippen LogP contribution in [0.5, 0.6) is 0 Å². The van der Waals surface area contributed by atoms with Crippen LogP contribution < -0.4 is 5.32 Å². The van der Waals surface area contributed by atoms with E-state index in [0.29, 0.717) is 24.3 Å². The number of anilines is 1. The summed E-state index contributed by atoms with van der Waals surface area (Å²) in [5.74, 6) is -0.223. The predicted octanol–water partition coefficient (Wildman–Crippen LogP) is 1.98. The quantitative estimate of drug-likeness (QED) is 0.857. The lowest BCUT2D eigenvalue weighted by Gasteiger charge is -2.20. The lowest BCUT2D eigenvalue weighted by Crippen LogP contribution is -2.35. The van der Waals surface area contributed by atoms with Crippen LogP contribution in [0.3, 0.4) is 0 Å². The Balaban J connectivity index is 2.53. The number of nitrogens with zero attached hydrogens (tertiary/aromatic N) is 3. The molecular weight excluding hydrogens is 252 g/mol. The average molecular weight is 270 g/mol. The highest BCUT2D eigenvalue weighted by Crippen LogP contribution is 2.09. The van der Waals surface area contributed by atoms with Crippen molar-refractivity contribution in [3.8, 4) is 12.1 Å².